The molecule has 0 aliphatic rings. The van der Waals surface area contributed by atoms with E-state index in [1.165, 1.54) is 128 Å². The molecule has 0 amide bonds. The van der Waals surface area contributed by atoms with Gasteiger partial charge in [-0.25, -0.2) is 0 Å². The highest BCUT2D eigenvalue weighted by Gasteiger charge is 2.02. The van der Waals surface area contributed by atoms with Gasteiger partial charge in [-0.15, -0.1) is 0 Å². The van der Waals surface area contributed by atoms with Crippen LogP contribution in [0.2, 0.25) is 0 Å². The molecule has 2 rings (SSSR count). The average molecular weight is 549 g/mol. The number of benzene rings is 1. The molecule has 2 N–H and O–H groups in total. The van der Waals surface area contributed by atoms with Gasteiger partial charge in [-0.2, -0.15) is 0 Å². The molecule has 0 aliphatic carbocycles. The van der Waals surface area contributed by atoms with Crippen LogP contribution in [-0.4, -0.2) is 13.1 Å². The topological polar surface area (TPSA) is 41.1 Å². The van der Waals surface area contributed by atoms with Crippen LogP contribution in [-0.2, 0) is 0 Å². The molecule has 0 radical (unpaired) electrons. The first-order valence-corrected chi connectivity index (χ1v) is 17.0. The van der Waals surface area contributed by atoms with E-state index >= 15 is 0 Å². The fraction of sp³-hybridized carbons (Fsp3) is 0.649. The van der Waals surface area contributed by atoms with Crippen molar-refractivity contribution in [1.29, 1.82) is 0 Å². The largest absolute Gasteiger partial charge is 0.385 e. The Morgan fingerprint density at radius 2 is 0.800 bits per heavy atom. The van der Waals surface area contributed by atoms with Crippen LogP contribution in [0.3, 0.4) is 0 Å². The van der Waals surface area contributed by atoms with Crippen molar-refractivity contribution in [2.24, 2.45) is 0 Å². The summed E-state index contributed by atoms with van der Waals surface area (Å²) in [6.07, 6.45) is 26.9. The molecule has 0 aliphatic heterocycles. The molecule has 2 aromatic rings. The molecule has 0 atom stereocenters. The molecule has 3 nitrogen and oxygen atoms in total. The molecule has 0 saturated heterocycles. The summed E-state index contributed by atoms with van der Waals surface area (Å²) in [5.41, 5.74) is 4.15. The second-order valence-electron chi connectivity index (χ2n) is 11.7. The third-order valence-corrected chi connectivity index (χ3v) is 8.03. The van der Waals surface area contributed by atoms with Crippen molar-refractivity contribution in [2.45, 2.75) is 142 Å². The van der Waals surface area contributed by atoms with Crippen LogP contribution in [0.1, 0.15) is 142 Å². The Bertz CT molecular complexity index is 924. The summed E-state index contributed by atoms with van der Waals surface area (Å²) in [6, 6.07) is 16.3. The van der Waals surface area contributed by atoms with E-state index in [4.69, 9.17) is 0 Å². The zero-order valence-corrected chi connectivity index (χ0v) is 26.1. The molecule has 0 heterocycles. The maximum atomic E-state index is 12.6. The lowest BCUT2D eigenvalue weighted by Crippen LogP contribution is -2.09. The fourth-order valence-electron chi connectivity index (χ4n) is 5.37. The maximum absolute atomic E-state index is 12.6. The number of rotatable bonds is 25. The van der Waals surface area contributed by atoms with Crippen LogP contribution in [0.5, 0.6) is 0 Å². The van der Waals surface area contributed by atoms with E-state index in [1.54, 1.807) is 6.07 Å². The zero-order valence-electron chi connectivity index (χ0n) is 26.1. The third kappa shape index (κ3) is 16.1. The third-order valence-electron chi connectivity index (χ3n) is 8.03. The number of hydrogen-bond acceptors (Lipinski definition) is 3. The normalized spacial score (nSPS) is 11.1. The SMILES string of the molecule is CCCCCCCCCCCCNc1ccc(-c2ccc(NCCCCCCCCCCCC)c(=O)cc2)cc1. The molecular formula is C37H60N2O. The van der Waals surface area contributed by atoms with Gasteiger partial charge in [0.25, 0.3) is 0 Å². The second-order valence-corrected chi connectivity index (χ2v) is 11.7. The molecule has 0 spiro atoms. The lowest BCUT2D eigenvalue weighted by atomic mass is 10.1. The summed E-state index contributed by atoms with van der Waals surface area (Å²) in [5, 5.41) is 6.95. The molecule has 0 fully saturated rings. The highest BCUT2D eigenvalue weighted by atomic mass is 16.1. The predicted molar refractivity (Wildman–Crippen MR) is 179 cm³/mol. The summed E-state index contributed by atoms with van der Waals surface area (Å²) in [5.74, 6) is 0. The quantitative estimate of drug-likeness (QED) is 0.121. The molecular weight excluding hydrogens is 488 g/mol. The van der Waals surface area contributed by atoms with E-state index in [1.807, 2.05) is 12.1 Å². The number of anilines is 2. The van der Waals surface area contributed by atoms with Crippen LogP contribution in [0.15, 0.2) is 53.3 Å². The Kier molecular flexibility index (Phi) is 19.9. The summed E-state index contributed by atoms with van der Waals surface area (Å²) in [7, 11) is 0. The Morgan fingerprint density at radius 1 is 0.425 bits per heavy atom. The summed E-state index contributed by atoms with van der Waals surface area (Å²) < 4.78 is 0. The molecule has 0 aromatic heterocycles. The van der Waals surface area contributed by atoms with Gasteiger partial charge in [-0.1, -0.05) is 154 Å². The Morgan fingerprint density at radius 3 is 1.27 bits per heavy atom. The number of hydrogen-bond donors (Lipinski definition) is 2. The highest BCUT2D eigenvalue weighted by Crippen LogP contribution is 2.21. The molecule has 2 aromatic carbocycles. The molecule has 3 heteroatoms. The van der Waals surface area contributed by atoms with E-state index in [0.717, 1.165) is 30.6 Å². The maximum Gasteiger partial charge on any atom is 0.201 e. The van der Waals surface area contributed by atoms with Gasteiger partial charge >= 0.3 is 0 Å². The minimum absolute atomic E-state index is 0.0631. The van der Waals surface area contributed by atoms with Crippen molar-refractivity contribution >= 4 is 11.4 Å². The molecule has 0 unspecified atom stereocenters. The van der Waals surface area contributed by atoms with E-state index in [-0.39, 0.29) is 5.43 Å². The van der Waals surface area contributed by atoms with Crippen LogP contribution >= 0.6 is 0 Å². The first kappa shape index (κ1) is 33.9. The van der Waals surface area contributed by atoms with Gasteiger partial charge in [-0.3, -0.25) is 4.79 Å². The van der Waals surface area contributed by atoms with E-state index in [9.17, 15) is 4.79 Å². The van der Waals surface area contributed by atoms with Crippen molar-refractivity contribution in [3.05, 3.63) is 58.8 Å². The molecule has 40 heavy (non-hydrogen) atoms. The first-order valence-electron chi connectivity index (χ1n) is 17.0. The molecule has 0 bridgehead atoms. The number of nitrogens with one attached hydrogen (secondary N) is 2. The Labute approximate surface area is 247 Å². The summed E-state index contributed by atoms with van der Waals surface area (Å²) in [6.45, 7) is 6.45. The Hall–Kier alpha value is -2.29. The van der Waals surface area contributed by atoms with Crippen LogP contribution < -0.4 is 16.1 Å². The molecule has 224 valence electrons. The zero-order chi connectivity index (χ0) is 28.5. The van der Waals surface area contributed by atoms with Crippen molar-refractivity contribution in [1.82, 2.24) is 0 Å². The van der Waals surface area contributed by atoms with Crippen LogP contribution in [0, 0.1) is 0 Å². The van der Waals surface area contributed by atoms with Gasteiger partial charge in [0.15, 0.2) is 0 Å². The minimum atomic E-state index is 0.0631. The lowest BCUT2D eigenvalue weighted by Gasteiger charge is -2.08. The van der Waals surface area contributed by atoms with Crippen LogP contribution in [0.4, 0.5) is 11.4 Å². The summed E-state index contributed by atoms with van der Waals surface area (Å²) in [4.78, 5) is 12.6. The monoisotopic (exact) mass is 548 g/mol. The van der Waals surface area contributed by atoms with Gasteiger partial charge in [-0.05, 0) is 48.2 Å². The second kappa shape index (κ2) is 23.4. The predicted octanol–water partition coefficient (Wildman–Crippen LogP) is 11.4. The van der Waals surface area contributed by atoms with E-state index in [0.29, 0.717) is 5.69 Å². The fourth-order valence-corrected chi connectivity index (χ4v) is 5.37. The smallest absolute Gasteiger partial charge is 0.201 e. The average Bonchev–Trinajstić information content (AvgIpc) is 3.16. The standard InChI is InChI=1S/C37H60N2O/c1-3-5-7-9-11-13-15-17-19-21-31-38-35-27-23-33(24-28-35)34-25-29-36(37(40)30-26-34)39-32-22-20-18-16-14-12-10-8-6-4-2/h23-30,38H,3-22,31-32H2,1-2H3,(H,39,40). The first-order chi connectivity index (χ1) is 19.7. The number of unbranched alkanes of at least 4 members (excludes halogenated alkanes) is 18. The van der Waals surface area contributed by atoms with Gasteiger partial charge in [0.1, 0.15) is 0 Å². The minimum Gasteiger partial charge on any atom is -0.385 e. The van der Waals surface area contributed by atoms with Gasteiger partial charge in [0.2, 0.25) is 5.43 Å². The highest BCUT2D eigenvalue weighted by molar-refractivity contribution is 5.66. The van der Waals surface area contributed by atoms with Crippen molar-refractivity contribution in [3.63, 3.8) is 0 Å². The van der Waals surface area contributed by atoms with Gasteiger partial charge in [0, 0.05) is 18.8 Å². The van der Waals surface area contributed by atoms with Gasteiger partial charge in [0.05, 0.1) is 5.69 Å². The van der Waals surface area contributed by atoms with Crippen LogP contribution in [0.25, 0.3) is 11.1 Å². The molecule has 0 saturated carbocycles. The van der Waals surface area contributed by atoms with E-state index < -0.39 is 0 Å². The van der Waals surface area contributed by atoms with Gasteiger partial charge < -0.3 is 10.6 Å². The van der Waals surface area contributed by atoms with Crippen molar-refractivity contribution in [3.8, 4) is 11.1 Å². The lowest BCUT2D eigenvalue weighted by molar-refractivity contribution is 0.560. The van der Waals surface area contributed by atoms with Crippen molar-refractivity contribution in [2.75, 3.05) is 23.7 Å². The Balaban J connectivity index is 1.61. The van der Waals surface area contributed by atoms with E-state index in [2.05, 4.69) is 54.8 Å². The summed E-state index contributed by atoms with van der Waals surface area (Å²) >= 11 is 0. The van der Waals surface area contributed by atoms with Crippen molar-refractivity contribution < 1.29 is 0 Å².